The highest BCUT2D eigenvalue weighted by molar-refractivity contribution is 7.99. The normalized spacial score (nSPS) is 14.1. The summed E-state index contributed by atoms with van der Waals surface area (Å²) in [5.41, 5.74) is 9.18. The maximum Gasteiger partial charge on any atom is 0.145 e. The fourth-order valence-electron chi connectivity index (χ4n) is 1.82. The first kappa shape index (κ1) is 8.85. The van der Waals surface area contributed by atoms with Crippen molar-refractivity contribution in [3.8, 4) is 11.3 Å². The summed E-state index contributed by atoms with van der Waals surface area (Å²) >= 11 is 1.92. The smallest absolute Gasteiger partial charge is 0.145 e. The molecule has 4 heteroatoms. The van der Waals surface area contributed by atoms with Crippen LogP contribution in [0.25, 0.3) is 11.3 Å². The van der Waals surface area contributed by atoms with Crippen LogP contribution >= 0.6 is 11.8 Å². The molecule has 3 rings (SSSR count). The van der Waals surface area contributed by atoms with Crippen LogP contribution in [0.1, 0.15) is 5.56 Å². The minimum absolute atomic E-state index is 0.540. The van der Waals surface area contributed by atoms with E-state index >= 15 is 0 Å². The van der Waals surface area contributed by atoms with E-state index in [9.17, 15) is 0 Å². The molecular weight excluding hydrogens is 206 g/mol. The molecule has 0 bridgehead atoms. The van der Waals surface area contributed by atoms with Gasteiger partial charge in [-0.25, -0.2) is 0 Å². The quantitative estimate of drug-likeness (QED) is 0.770. The maximum atomic E-state index is 5.58. The van der Waals surface area contributed by atoms with Crippen LogP contribution in [0.15, 0.2) is 29.2 Å². The van der Waals surface area contributed by atoms with Gasteiger partial charge < -0.3 is 5.73 Å². The van der Waals surface area contributed by atoms with Crippen molar-refractivity contribution in [2.75, 3.05) is 11.5 Å². The third kappa shape index (κ3) is 1.51. The number of aryl methyl sites for hydroxylation is 1. The van der Waals surface area contributed by atoms with Crippen molar-refractivity contribution < 1.29 is 0 Å². The minimum Gasteiger partial charge on any atom is -0.382 e. The van der Waals surface area contributed by atoms with Crippen LogP contribution in [0, 0.1) is 0 Å². The van der Waals surface area contributed by atoms with Gasteiger partial charge in [0.2, 0.25) is 0 Å². The number of thioether (sulfide) groups is 1. The molecule has 0 unspecified atom stereocenters. The van der Waals surface area contributed by atoms with Gasteiger partial charge in [-0.15, -0.1) is 11.8 Å². The predicted octanol–water partition coefficient (Wildman–Crippen LogP) is 2.31. The Balaban J connectivity index is 2.06. The molecule has 0 aliphatic carbocycles. The Labute approximate surface area is 92.1 Å². The zero-order valence-electron chi connectivity index (χ0n) is 8.16. The third-order valence-corrected chi connectivity index (χ3v) is 3.70. The molecule has 0 saturated carbocycles. The summed E-state index contributed by atoms with van der Waals surface area (Å²) in [5.74, 6) is 1.74. The number of anilines is 1. The van der Waals surface area contributed by atoms with E-state index in [4.69, 9.17) is 5.73 Å². The number of benzene rings is 1. The van der Waals surface area contributed by atoms with E-state index < -0.39 is 0 Å². The summed E-state index contributed by atoms with van der Waals surface area (Å²) in [6.45, 7) is 0. The van der Waals surface area contributed by atoms with Gasteiger partial charge >= 0.3 is 0 Å². The maximum absolute atomic E-state index is 5.58. The van der Waals surface area contributed by atoms with Crippen LogP contribution in [-0.4, -0.2) is 16.0 Å². The first-order valence-electron chi connectivity index (χ1n) is 4.90. The number of nitrogens with zero attached hydrogens (tertiary/aromatic N) is 1. The lowest BCUT2D eigenvalue weighted by Crippen LogP contribution is -1.82. The second-order valence-corrected chi connectivity index (χ2v) is 4.76. The highest BCUT2D eigenvalue weighted by atomic mass is 32.2. The molecule has 1 aromatic heterocycles. The van der Waals surface area contributed by atoms with Gasteiger partial charge in [-0.2, -0.15) is 5.10 Å². The minimum atomic E-state index is 0.540. The molecule has 0 fully saturated rings. The molecule has 1 aliphatic heterocycles. The van der Waals surface area contributed by atoms with Gasteiger partial charge in [-0.3, -0.25) is 5.10 Å². The Hall–Kier alpha value is -1.42. The van der Waals surface area contributed by atoms with E-state index in [0.717, 1.165) is 11.3 Å². The van der Waals surface area contributed by atoms with Crippen LogP contribution in [0.2, 0.25) is 0 Å². The fraction of sp³-hybridized carbons (Fsp3) is 0.182. The van der Waals surface area contributed by atoms with Gasteiger partial charge in [0.1, 0.15) is 5.82 Å². The highest BCUT2D eigenvalue weighted by Crippen LogP contribution is 2.34. The molecule has 0 spiro atoms. The first-order valence-corrected chi connectivity index (χ1v) is 5.88. The number of fused-ring (bicyclic) bond motifs is 1. The molecule has 3 nitrogen and oxygen atoms in total. The summed E-state index contributed by atoms with van der Waals surface area (Å²) in [7, 11) is 0. The van der Waals surface area contributed by atoms with E-state index in [1.165, 1.54) is 22.6 Å². The number of H-pyrrole nitrogens is 1. The molecule has 0 amide bonds. The van der Waals surface area contributed by atoms with E-state index in [0.29, 0.717) is 5.82 Å². The predicted molar refractivity (Wildman–Crippen MR) is 62.9 cm³/mol. The Morgan fingerprint density at radius 3 is 3.07 bits per heavy atom. The second-order valence-electron chi connectivity index (χ2n) is 3.63. The topological polar surface area (TPSA) is 54.7 Å². The van der Waals surface area contributed by atoms with Crippen molar-refractivity contribution >= 4 is 17.6 Å². The molecule has 15 heavy (non-hydrogen) atoms. The number of nitrogen functional groups attached to an aromatic ring is 1. The number of hydrogen-bond acceptors (Lipinski definition) is 3. The van der Waals surface area contributed by atoms with Crippen molar-refractivity contribution in [2.24, 2.45) is 0 Å². The summed E-state index contributed by atoms with van der Waals surface area (Å²) < 4.78 is 0. The van der Waals surface area contributed by atoms with Crippen molar-refractivity contribution in [3.05, 3.63) is 29.8 Å². The van der Waals surface area contributed by atoms with Crippen molar-refractivity contribution in [1.29, 1.82) is 0 Å². The number of rotatable bonds is 1. The summed E-state index contributed by atoms with van der Waals surface area (Å²) in [6, 6.07) is 8.39. The summed E-state index contributed by atoms with van der Waals surface area (Å²) in [6.07, 6.45) is 1.19. The molecule has 2 aromatic rings. The van der Waals surface area contributed by atoms with E-state index in [1.54, 1.807) is 0 Å². The lowest BCUT2D eigenvalue weighted by molar-refractivity contribution is 1.10. The van der Waals surface area contributed by atoms with Crippen molar-refractivity contribution in [3.63, 3.8) is 0 Å². The second kappa shape index (κ2) is 3.31. The molecular formula is C11H11N3S. The van der Waals surface area contributed by atoms with Crippen LogP contribution in [0.3, 0.4) is 0 Å². The number of nitrogens with one attached hydrogen (secondary N) is 1. The molecule has 3 N–H and O–H groups in total. The molecule has 0 radical (unpaired) electrons. The Kier molecular flexibility index (Phi) is 1.95. The molecule has 1 aromatic carbocycles. The monoisotopic (exact) mass is 217 g/mol. The van der Waals surface area contributed by atoms with Crippen LogP contribution in [-0.2, 0) is 6.42 Å². The SMILES string of the molecule is Nc1cc(-c2ccc3c(c2)SCC3)[nH]n1. The van der Waals surface area contributed by atoms with Gasteiger partial charge in [0, 0.05) is 22.3 Å². The van der Waals surface area contributed by atoms with Gasteiger partial charge in [-0.1, -0.05) is 12.1 Å². The van der Waals surface area contributed by atoms with Gasteiger partial charge in [0.05, 0.1) is 5.69 Å². The Morgan fingerprint density at radius 2 is 2.27 bits per heavy atom. The van der Waals surface area contributed by atoms with Gasteiger partial charge in [0.25, 0.3) is 0 Å². The molecule has 76 valence electrons. The van der Waals surface area contributed by atoms with Crippen molar-refractivity contribution in [2.45, 2.75) is 11.3 Å². The lowest BCUT2D eigenvalue weighted by atomic mass is 10.1. The number of hydrogen-bond donors (Lipinski definition) is 2. The van der Waals surface area contributed by atoms with Crippen LogP contribution in [0.4, 0.5) is 5.82 Å². The number of nitrogens with two attached hydrogens (primary N) is 1. The number of aromatic nitrogens is 2. The van der Waals surface area contributed by atoms with Gasteiger partial charge in [0.15, 0.2) is 0 Å². The lowest BCUT2D eigenvalue weighted by Gasteiger charge is -2.01. The molecule has 2 heterocycles. The molecule has 0 atom stereocenters. The Bertz CT molecular complexity index is 504. The van der Waals surface area contributed by atoms with E-state index in [-0.39, 0.29) is 0 Å². The van der Waals surface area contributed by atoms with E-state index in [1.807, 2.05) is 17.8 Å². The zero-order valence-corrected chi connectivity index (χ0v) is 8.97. The summed E-state index contributed by atoms with van der Waals surface area (Å²) in [5, 5.41) is 6.86. The standard InChI is InChI=1S/C11H11N3S/c12-11-6-9(13-14-11)8-2-1-7-3-4-15-10(7)5-8/h1-2,5-6H,3-4H2,(H3,12,13,14). The largest absolute Gasteiger partial charge is 0.382 e. The Morgan fingerprint density at radius 1 is 1.33 bits per heavy atom. The van der Waals surface area contributed by atoms with Crippen molar-refractivity contribution in [1.82, 2.24) is 10.2 Å². The molecule has 1 aliphatic rings. The fourth-order valence-corrected chi connectivity index (χ4v) is 2.93. The zero-order chi connectivity index (χ0) is 10.3. The molecule has 0 saturated heterocycles. The third-order valence-electron chi connectivity index (χ3n) is 2.60. The van der Waals surface area contributed by atoms with Gasteiger partial charge in [-0.05, 0) is 18.1 Å². The van der Waals surface area contributed by atoms with E-state index in [2.05, 4.69) is 28.4 Å². The summed E-state index contributed by atoms with van der Waals surface area (Å²) in [4.78, 5) is 1.39. The average molecular weight is 217 g/mol. The average Bonchev–Trinajstić information content (AvgIpc) is 2.84. The number of aromatic amines is 1. The van der Waals surface area contributed by atoms with Crippen LogP contribution < -0.4 is 5.73 Å². The highest BCUT2D eigenvalue weighted by Gasteiger charge is 2.12. The van der Waals surface area contributed by atoms with Crippen LogP contribution in [0.5, 0.6) is 0 Å². The first-order chi connectivity index (χ1) is 7.33.